The van der Waals surface area contributed by atoms with Gasteiger partial charge in [-0.05, 0) is 31.4 Å². The average molecular weight is 244 g/mol. The Morgan fingerprint density at radius 3 is 2.44 bits per heavy atom. The van der Waals surface area contributed by atoms with E-state index in [2.05, 4.69) is 0 Å². The van der Waals surface area contributed by atoms with E-state index in [-0.39, 0.29) is 5.97 Å². The number of carbonyl (C=O) groups excluding carboxylic acids is 1. The molecule has 0 aromatic rings. The molecule has 1 aliphatic carbocycles. The van der Waals surface area contributed by atoms with Crippen LogP contribution in [0.5, 0.6) is 0 Å². The molecule has 1 saturated heterocycles. The number of hydrogen-bond acceptors (Lipinski definition) is 4. The molecule has 92 valence electrons. The molecule has 1 atom stereocenters. The zero-order valence-electron chi connectivity index (χ0n) is 9.83. The van der Waals surface area contributed by atoms with Crippen LogP contribution in [0, 0.1) is 5.41 Å². The minimum atomic E-state index is -0.812. The summed E-state index contributed by atoms with van der Waals surface area (Å²) in [6.07, 6.45) is 5.34. The van der Waals surface area contributed by atoms with Gasteiger partial charge in [-0.1, -0.05) is 12.8 Å². The van der Waals surface area contributed by atoms with E-state index in [0.717, 1.165) is 50.0 Å². The Morgan fingerprint density at radius 2 is 1.94 bits per heavy atom. The van der Waals surface area contributed by atoms with Gasteiger partial charge in [0.2, 0.25) is 0 Å². The molecule has 0 radical (unpaired) electrons. The van der Waals surface area contributed by atoms with E-state index in [4.69, 9.17) is 4.74 Å². The minimum Gasteiger partial charge on any atom is -0.468 e. The molecular formula is C12H20O3S. The molecule has 0 aromatic carbocycles. The molecule has 0 aromatic heterocycles. The van der Waals surface area contributed by atoms with E-state index >= 15 is 0 Å². The van der Waals surface area contributed by atoms with Gasteiger partial charge in [0.05, 0.1) is 12.7 Å². The van der Waals surface area contributed by atoms with Crippen LogP contribution in [-0.4, -0.2) is 35.3 Å². The maximum atomic E-state index is 12.1. The summed E-state index contributed by atoms with van der Waals surface area (Å²) in [5.41, 5.74) is -1.45. The lowest BCUT2D eigenvalue weighted by atomic mass is 9.69. The molecule has 2 rings (SSSR count). The summed E-state index contributed by atoms with van der Waals surface area (Å²) >= 11 is 1.77. The maximum Gasteiger partial charge on any atom is 0.315 e. The summed E-state index contributed by atoms with van der Waals surface area (Å²) in [7, 11) is 1.43. The van der Waals surface area contributed by atoms with E-state index in [9.17, 15) is 9.90 Å². The van der Waals surface area contributed by atoms with Crippen molar-refractivity contribution < 1.29 is 14.6 Å². The second kappa shape index (κ2) is 4.57. The second-order valence-electron chi connectivity index (χ2n) is 4.97. The number of thioether (sulfide) groups is 1. The SMILES string of the molecule is COC(=O)C1(C2(O)CCCC2)CCCSC1. The summed E-state index contributed by atoms with van der Waals surface area (Å²) in [6, 6.07) is 0. The predicted molar refractivity (Wildman–Crippen MR) is 64.4 cm³/mol. The fourth-order valence-corrected chi connectivity index (χ4v) is 4.52. The Bertz CT molecular complexity index is 265. The normalized spacial score (nSPS) is 33.6. The van der Waals surface area contributed by atoms with Gasteiger partial charge in [-0.3, -0.25) is 4.79 Å². The van der Waals surface area contributed by atoms with Crippen LogP contribution >= 0.6 is 11.8 Å². The second-order valence-corrected chi connectivity index (χ2v) is 6.07. The number of ether oxygens (including phenoxy) is 1. The van der Waals surface area contributed by atoms with Gasteiger partial charge in [0.1, 0.15) is 5.41 Å². The van der Waals surface area contributed by atoms with Crippen molar-refractivity contribution in [1.82, 2.24) is 0 Å². The van der Waals surface area contributed by atoms with Gasteiger partial charge >= 0.3 is 5.97 Å². The highest BCUT2D eigenvalue weighted by atomic mass is 32.2. The largest absolute Gasteiger partial charge is 0.468 e. The van der Waals surface area contributed by atoms with Gasteiger partial charge in [0.15, 0.2) is 0 Å². The molecule has 1 heterocycles. The Labute approximate surface area is 101 Å². The lowest BCUT2D eigenvalue weighted by Gasteiger charge is -2.45. The standard InChI is InChI=1S/C12H20O3S/c1-15-10(13)11(5-4-8-16-9-11)12(14)6-2-3-7-12/h14H,2-9H2,1H3. The first kappa shape index (κ1) is 12.2. The highest BCUT2D eigenvalue weighted by Crippen LogP contribution is 2.51. The smallest absolute Gasteiger partial charge is 0.315 e. The number of aliphatic hydroxyl groups is 1. The van der Waals surface area contributed by atoms with Crippen molar-refractivity contribution in [2.75, 3.05) is 18.6 Å². The molecule has 0 amide bonds. The predicted octanol–water partition coefficient (Wildman–Crippen LogP) is 1.98. The lowest BCUT2D eigenvalue weighted by Crippen LogP contribution is -2.55. The summed E-state index contributed by atoms with van der Waals surface area (Å²) in [5, 5.41) is 10.8. The fraction of sp³-hybridized carbons (Fsp3) is 0.917. The Kier molecular flexibility index (Phi) is 3.50. The van der Waals surface area contributed by atoms with Gasteiger partial charge in [0, 0.05) is 5.75 Å². The third kappa shape index (κ3) is 1.76. The molecule has 3 nitrogen and oxygen atoms in total. The number of carbonyl (C=O) groups is 1. The van der Waals surface area contributed by atoms with Crippen molar-refractivity contribution in [2.24, 2.45) is 5.41 Å². The molecule has 4 heteroatoms. The average Bonchev–Trinajstić information content (AvgIpc) is 2.77. The van der Waals surface area contributed by atoms with Crippen molar-refractivity contribution in [2.45, 2.75) is 44.1 Å². The van der Waals surface area contributed by atoms with Crippen molar-refractivity contribution in [3.63, 3.8) is 0 Å². The first-order valence-corrected chi connectivity index (χ1v) is 7.19. The third-order valence-corrected chi connectivity index (χ3v) is 5.41. The molecule has 1 saturated carbocycles. The zero-order valence-corrected chi connectivity index (χ0v) is 10.6. The first-order chi connectivity index (χ1) is 7.65. The highest BCUT2D eigenvalue weighted by Gasteiger charge is 2.57. The Balaban J connectivity index is 2.28. The van der Waals surface area contributed by atoms with Crippen LogP contribution in [0.25, 0.3) is 0 Å². The summed E-state index contributed by atoms with van der Waals surface area (Å²) < 4.78 is 4.96. The van der Waals surface area contributed by atoms with E-state index in [1.807, 2.05) is 0 Å². The number of methoxy groups -OCH3 is 1. The molecule has 2 aliphatic rings. The molecule has 2 fully saturated rings. The molecule has 0 bridgehead atoms. The topological polar surface area (TPSA) is 46.5 Å². The molecular weight excluding hydrogens is 224 g/mol. The van der Waals surface area contributed by atoms with E-state index in [0.29, 0.717) is 0 Å². The highest BCUT2D eigenvalue weighted by molar-refractivity contribution is 7.99. The monoisotopic (exact) mass is 244 g/mol. The number of esters is 1. The Morgan fingerprint density at radius 1 is 1.25 bits per heavy atom. The van der Waals surface area contributed by atoms with E-state index < -0.39 is 11.0 Å². The summed E-state index contributed by atoms with van der Waals surface area (Å²) in [6.45, 7) is 0. The maximum absolute atomic E-state index is 12.1. The molecule has 1 unspecified atom stereocenters. The number of hydrogen-bond donors (Lipinski definition) is 1. The van der Waals surface area contributed by atoms with Crippen molar-refractivity contribution >= 4 is 17.7 Å². The van der Waals surface area contributed by atoms with Crippen LogP contribution in [0.3, 0.4) is 0 Å². The van der Waals surface area contributed by atoms with Crippen molar-refractivity contribution in [3.8, 4) is 0 Å². The van der Waals surface area contributed by atoms with Gasteiger partial charge in [-0.2, -0.15) is 11.8 Å². The van der Waals surface area contributed by atoms with Gasteiger partial charge < -0.3 is 9.84 Å². The van der Waals surface area contributed by atoms with Gasteiger partial charge in [0.25, 0.3) is 0 Å². The Hall–Kier alpha value is -0.220. The summed E-state index contributed by atoms with van der Waals surface area (Å²) in [5.74, 6) is 1.61. The third-order valence-electron chi connectivity index (χ3n) is 4.14. The quantitative estimate of drug-likeness (QED) is 0.755. The van der Waals surface area contributed by atoms with Crippen LogP contribution in [-0.2, 0) is 9.53 Å². The molecule has 0 spiro atoms. The van der Waals surface area contributed by atoms with E-state index in [1.165, 1.54) is 7.11 Å². The van der Waals surface area contributed by atoms with Crippen molar-refractivity contribution in [1.29, 1.82) is 0 Å². The zero-order chi connectivity index (χ0) is 11.6. The molecule has 1 aliphatic heterocycles. The lowest BCUT2D eigenvalue weighted by molar-refractivity contribution is -0.171. The van der Waals surface area contributed by atoms with Crippen molar-refractivity contribution in [3.05, 3.63) is 0 Å². The fourth-order valence-electron chi connectivity index (χ4n) is 3.15. The molecule has 1 N–H and O–H groups in total. The van der Waals surface area contributed by atoms with Gasteiger partial charge in [-0.15, -0.1) is 0 Å². The first-order valence-electron chi connectivity index (χ1n) is 6.03. The van der Waals surface area contributed by atoms with Crippen LogP contribution in [0.15, 0.2) is 0 Å². The van der Waals surface area contributed by atoms with Crippen LogP contribution in [0.4, 0.5) is 0 Å². The number of rotatable bonds is 2. The minimum absolute atomic E-state index is 0.205. The van der Waals surface area contributed by atoms with Crippen LogP contribution < -0.4 is 0 Å². The molecule has 16 heavy (non-hydrogen) atoms. The van der Waals surface area contributed by atoms with Crippen LogP contribution in [0.2, 0.25) is 0 Å². The van der Waals surface area contributed by atoms with Crippen LogP contribution in [0.1, 0.15) is 38.5 Å². The summed E-state index contributed by atoms with van der Waals surface area (Å²) in [4.78, 5) is 12.1. The van der Waals surface area contributed by atoms with E-state index in [1.54, 1.807) is 11.8 Å². The van der Waals surface area contributed by atoms with Gasteiger partial charge in [-0.25, -0.2) is 0 Å².